The summed E-state index contributed by atoms with van der Waals surface area (Å²) in [5.41, 5.74) is 9.06. The average Bonchev–Trinajstić information content (AvgIpc) is 2.90. The molecule has 2 rings (SSSR count). The smallest absolute Gasteiger partial charge is 0.0624 e. The second-order valence-corrected chi connectivity index (χ2v) is 6.73. The highest BCUT2D eigenvalue weighted by Gasteiger charge is 2.26. The molecule has 1 aliphatic rings. The third kappa shape index (κ3) is 4.32. The van der Waals surface area contributed by atoms with Crippen LogP contribution in [0.2, 0.25) is 0 Å². The fraction of sp³-hybridized carbons (Fsp3) is 0.833. The van der Waals surface area contributed by atoms with Crippen molar-refractivity contribution in [1.29, 1.82) is 0 Å². The van der Waals surface area contributed by atoms with Crippen LogP contribution in [0, 0.1) is 11.8 Å². The van der Waals surface area contributed by atoms with Gasteiger partial charge in [0.15, 0.2) is 0 Å². The van der Waals surface area contributed by atoms with Crippen LogP contribution in [-0.4, -0.2) is 15.8 Å². The van der Waals surface area contributed by atoms with Crippen LogP contribution in [0.15, 0.2) is 6.07 Å². The van der Waals surface area contributed by atoms with Crippen LogP contribution in [0.4, 0.5) is 0 Å². The lowest BCUT2D eigenvalue weighted by atomic mass is 9.76. The van der Waals surface area contributed by atoms with E-state index in [2.05, 4.69) is 36.6 Å². The maximum absolute atomic E-state index is 6.53. The first kappa shape index (κ1) is 16.5. The summed E-state index contributed by atoms with van der Waals surface area (Å²) in [6.07, 6.45) is 10.2. The van der Waals surface area contributed by atoms with Gasteiger partial charge in [-0.2, -0.15) is 5.10 Å². The van der Waals surface area contributed by atoms with Crippen molar-refractivity contribution < 1.29 is 0 Å². The lowest BCUT2D eigenvalue weighted by molar-refractivity contribution is 0.231. The van der Waals surface area contributed by atoms with E-state index in [0.29, 0.717) is 12.0 Å². The first-order chi connectivity index (χ1) is 10.2. The molecule has 3 nitrogen and oxygen atoms in total. The van der Waals surface area contributed by atoms with E-state index in [-0.39, 0.29) is 0 Å². The third-order valence-corrected chi connectivity index (χ3v) is 5.21. The molecule has 1 unspecified atom stereocenters. The molecule has 1 fully saturated rings. The van der Waals surface area contributed by atoms with Crippen LogP contribution >= 0.6 is 0 Å². The largest absolute Gasteiger partial charge is 0.327 e. The molecule has 2 N–H and O–H groups in total. The molecule has 0 bridgehead atoms. The van der Waals surface area contributed by atoms with E-state index >= 15 is 0 Å². The number of nitrogens with two attached hydrogens (primary N) is 1. The zero-order chi connectivity index (χ0) is 15.2. The molecule has 0 radical (unpaired) electrons. The van der Waals surface area contributed by atoms with Crippen LogP contribution in [0.5, 0.6) is 0 Å². The molecule has 1 aromatic heterocycles. The number of aryl methyl sites for hydroxylation is 2. The maximum atomic E-state index is 6.53. The maximum Gasteiger partial charge on any atom is 0.0624 e. The van der Waals surface area contributed by atoms with Crippen LogP contribution in [0.3, 0.4) is 0 Å². The van der Waals surface area contributed by atoms with Crippen molar-refractivity contribution in [2.45, 2.75) is 84.7 Å². The zero-order valence-corrected chi connectivity index (χ0v) is 14.1. The summed E-state index contributed by atoms with van der Waals surface area (Å²) in [5.74, 6) is 1.68. The minimum Gasteiger partial charge on any atom is -0.327 e. The first-order valence-electron chi connectivity index (χ1n) is 8.99. The number of hydrogen-bond acceptors (Lipinski definition) is 2. The van der Waals surface area contributed by atoms with Gasteiger partial charge in [0.2, 0.25) is 0 Å². The van der Waals surface area contributed by atoms with Gasteiger partial charge in [-0.3, -0.25) is 4.68 Å². The summed E-state index contributed by atoms with van der Waals surface area (Å²) in [6, 6.07) is 2.56. The fourth-order valence-corrected chi connectivity index (χ4v) is 3.85. The van der Waals surface area contributed by atoms with E-state index in [1.165, 1.54) is 49.9 Å². The Labute approximate surface area is 130 Å². The lowest BCUT2D eigenvalue weighted by Crippen LogP contribution is -2.35. The minimum absolute atomic E-state index is 0.305. The molecule has 1 aliphatic carbocycles. The Morgan fingerprint density at radius 2 is 1.95 bits per heavy atom. The van der Waals surface area contributed by atoms with Gasteiger partial charge in [0.05, 0.1) is 5.69 Å². The second-order valence-electron chi connectivity index (χ2n) is 6.73. The van der Waals surface area contributed by atoms with E-state index < -0.39 is 0 Å². The normalized spacial score (nSPS) is 24.2. The van der Waals surface area contributed by atoms with Crippen molar-refractivity contribution in [2.24, 2.45) is 17.6 Å². The van der Waals surface area contributed by atoms with Crippen LogP contribution in [-0.2, 0) is 19.4 Å². The minimum atomic E-state index is 0.305. The van der Waals surface area contributed by atoms with Crippen molar-refractivity contribution in [3.05, 3.63) is 17.5 Å². The van der Waals surface area contributed by atoms with Crippen molar-refractivity contribution >= 4 is 0 Å². The van der Waals surface area contributed by atoms with E-state index in [4.69, 9.17) is 5.73 Å². The molecule has 0 spiro atoms. The lowest BCUT2D eigenvalue weighted by Gasteiger charge is -2.32. The summed E-state index contributed by atoms with van der Waals surface area (Å²) in [5, 5.41) is 4.64. The molecule has 1 atom stereocenters. The molecule has 21 heavy (non-hydrogen) atoms. The quantitative estimate of drug-likeness (QED) is 0.827. The monoisotopic (exact) mass is 291 g/mol. The zero-order valence-electron chi connectivity index (χ0n) is 14.1. The fourth-order valence-electron chi connectivity index (χ4n) is 3.85. The van der Waals surface area contributed by atoms with E-state index in [0.717, 1.165) is 25.3 Å². The summed E-state index contributed by atoms with van der Waals surface area (Å²) < 4.78 is 2.14. The summed E-state index contributed by atoms with van der Waals surface area (Å²) in [6.45, 7) is 7.58. The van der Waals surface area contributed by atoms with Gasteiger partial charge >= 0.3 is 0 Å². The van der Waals surface area contributed by atoms with E-state index in [1.54, 1.807) is 0 Å². The molecule has 0 aromatic carbocycles. The molecular formula is C18H33N3. The molecule has 0 aliphatic heterocycles. The highest BCUT2D eigenvalue weighted by molar-refractivity contribution is 5.12. The SMILES string of the molecule is CCCC1CCC(C(N)Cc2cc(CC)nn2CC)CC1. The molecular weight excluding hydrogens is 258 g/mol. The van der Waals surface area contributed by atoms with Gasteiger partial charge in [-0.05, 0) is 44.1 Å². The van der Waals surface area contributed by atoms with Gasteiger partial charge < -0.3 is 5.73 Å². The van der Waals surface area contributed by atoms with Gasteiger partial charge in [-0.25, -0.2) is 0 Å². The predicted octanol–water partition coefficient (Wildman–Crippen LogP) is 3.94. The Morgan fingerprint density at radius 3 is 2.52 bits per heavy atom. The van der Waals surface area contributed by atoms with Gasteiger partial charge in [-0.15, -0.1) is 0 Å². The Hall–Kier alpha value is -0.830. The highest BCUT2D eigenvalue weighted by Crippen LogP contribution is 2.33. The van der Waals surface area contributed by atoms with Crippen molar-refractivity contribution in [3.8, 4) is 0 Å². The predicted molar refractivity (Wildman–Crippen MR) is 89.3 cm³/mol. The number of rotatable bonds is 7. The molecule has 1 saturated carbocycles. The van der Waals surface area contributed by atoms with Gasteiger partial charge in [0.25, 0.3) is 0 Å². The van der Waals surface area contributed by atoms with Crippen molar-refractivity contribution in [2.75, 3.05) is 0 Å². The molecule has 1 heterocycles. The molecule has 1 aromatic rings. The van der Waals surface area contributed by atoms with E-state index in [9.17, 15) is 0 Å². The number of hydrogen-bond donors (Lipinski definition) is 1. The molecule has 0 amide bonds. The van der Waals surface area contributed by atoms with Gasteiger partial charge in [-0.1, -0.05) is 39.5 Å². The van der Waals surface area contributed by atoms with Crippen LogP contribution in [0.1, 0.15) is 70.7 Å². The standard InChI is InChI=1S/C18H33N3/c1-4-7-14-8-10-15(11-9-14)18(19)13-17-12-16(5-2)20-21(17)6-3/h12,14-15,18H,4-11,13,19H2,1-3H3. The van der Waals surface area contributed by atoms with Crippen LogP contribution in [0.25, 0.3) is 0 Å². The highest BCUT2D eigenvalue weighted by atomic mass is 15.3. The van der Waals surface area contributed by atoms with Crippen LogP contribution < -0.4 is 5.73 Å². The molecule has 3 heteroatoms. The number of nitrogens with zero attached hydrogens (tertiary/aromatic N) is 2. The topological polar surface area (TPSA) is 43.8 Å². The molecule has 120 valence electrons. The molecule has 0 saturated heterocycles. The third-order valence-electron chi connectivity index (χ3n) is 5.21. The second kappa shape index (κ2) is 7.98. The average molecular weight is 291 g/mol. The Kier molecular flexibility index (Phi) is 6.28. The Bertz CT molecular complexity index is 416. The van der Waals surface area contributed by atoms with Gasteiger partial charge in [0, 0.05) is 24.7 Å². The summed E-state index contributed by atoms with van der Waals surface area (Å²) in [4.78, 5) is 0. The number of aromatic nitrogens is 2. The van der Waals surface area contributed by atoms with Gasteiger partial charge in [0.1, 0.15) is 0 Å². The van der Waals surface area contributed by atoms with Crippen molar-refractivity contribution in [1.82, 2.24) is 9.78 Å². The summed E-state index contributed by atoms with van der Waals surface area (Å²) in [7, 11) is 0. The first-order valence-corrected chi connectivity index (χ1v) is 8.99. The van der Waals surface area contributed by atoms with Crippen molar-refractivity contribution in [3.63, 3.8) is 0 Å². The summed E-state index contributed by atoms with van der Waals surface area (Å²) >= 11 is 0. The Balaban J connectivity index is 1.90. The Morgan fingerprint density at radius 1 is 1.24 bits per heavy atom. The van der Waals surface area contributed by atoms with E-state index in [1.807, 2.05) is 0 Å².